The van der Waals surface area contributed by atoms with Crippen molar-refractivity contribution >= 4 is 11.9 Å². The lowest BCUT2D eigenvalue weighted by Gasteiger charge is -2.60. The minimum Gasteiger partial charge on any atom is -0.481 e. The summed E-state index contributed by atoms with van der Waals surface area (Å²) < 4.78 is 19.6. The normalized spacial score (nSPS) is 49.6. The zero-order chi connectivity index (χ0) is 29.8. The van der Waals surface area contributed by atoms with Crippen LogP contribution in [0.15, 0.2) is 0 Å². The molecule has 0 aromatic carbocycles. The smallest absolute Gasteiger partial charge is 0.303 e. The molecule has 6 saturated carbocycles. The van der Waals surface area contributed by atoms with Crippen molar-refractivity contribution in [3.8, 4) is 0 Å². The average molecular weight is 598 g/mol. The van der Waals surface area contributed by atoms with Crippen molar-refractivity contribution in [2.24, 2.45) is 51.2 Å². The number of carbonyl (C=O) groups excluding carboxylic acids is 1. The van der Waals surface area contributed by atoms with Gasteiger partial charge in [-0.15, -0.1) is 0 Å². The van der Waals surface area contributed by atoms with Crippen LogP contribution in [0.2, 0.25) is 0 Å². The molecule has 8 fully saturated rings. The Bertz CT molecular complexity index is 1140. The highest BCUT2D eigenvalue weighted by Gasteiger charge is 2.80. The molecule has 6 aliphatic carbocycles. The summed E-state index contributed by atoms with van der Waals surface area (Å²) in [7, 11) is 0. The molecule has 11 atom stereocenters. The Labute approximate surface area is 258 Å². The van der Waals surface area contributed by atoms with E-state index in [9.17, 15) is 14.7 Å². The number of nitrogens with zero attached hydrogens (tertiary/aromatic N) is 1. The van der Waals surface area contributed by atoms with Crippen LogP contribution >= 0.6 is 0 Å². The molecule has 1 amide bonds. The molecule has 8 aliphatic rings. The number of rotatable bonds is 7. The number of hydrogen-bond acceptors (Lipinski definition) is 5. The van der Waals surface area contributed by atoms with Crippen LogP contribution in [0.4, 0.5) is 0 Å². The highest BCUT2D eigenvalue weighted by atomic mass is 16.7. The quantitative estimate of drug-likeness (QED) is 0.364. The van der Waals surface area contributed by atoms with Gasteiger partial charge in [-0.25, -0.2) is 0 Å². The zero-order valence-electron chi connectivity index (χ0n) is 26.9. The van der Waals surface area contributed by atoms with Crippen molar-refractivity contribution in [2.45, 2.75) is 142 Å². The van der Waals surface area contributed by atoms with Crippen molar-refractivity contribution < 1.29 is 28.9 Å². The molecule has 2 aliphatic heterocycles. The fourth-order valence-electron chi connectivity index (χ4n) is 12.8. The Hall–Kier alpha value is -1.18. The SMILES string of the molecule is CC12CC[C@@]34CC35CC[C@H](OC3CN(C(=O)CC6CC6)CCO3)C(C)(C)C5CCC4C1CC1OC(CCC(=O)O)CCC12. The fraction of sp³-hybridized carbons (Fsp3) is 0.944. The van der Waals surface area contributed by atoms with E-state index in [2.05, 4.69) is 20.8 Å². The molecule has 0 bridgehead atoms. The number of carboxylic acids is 1. The van der Waals surface area contributed by atoms with E-state index in [1.54, 1.807) is 0 Å². The maximum Gasteiger partial charge on any atom is 0.303 e. The number of amides is 1. The minimum atomic E-state index is -0.703. The van der Waals surface area contributed by atoms with E-state index in [0.717, 1.165) is 24.7 Å². The first-order valence-electron chi connectivity index (χ1n) is 18.0. The van der Waals surface area contributed by atoms with Gasteiger partial charge in [0.2, 0.25) is 5.91 Å². The Kier molecular flexibility index (Phi) is 6.91. The van der Waals surface area contributed by atoms with E-state index in [1.165, 1.54) is 64.2 Å². The second kappa shape index (κ2) is 10.2. The molecule has 0 aromatic rings. The van der Waals surface area contributed by atoms with Crippen molar-refractivity contribution in [3.05, 3.63) is 0 Å². The van der Waals surface area contributed by atoms with Gasteiger partial charge < -0.3 is 24.2 Å². The standard InChI is InChI=1S/C36H55NO6/c1-33(2)28-10-9-24-26-19-27-25(8-6-23(42-27)7-11-31(39)40)34(26,3)14-15-35(24)21-36(28,35)13-12-29(33)43-32-20-37(16-17-41-32)30(38)18-22-4-5-22/h22-29,32H,4-21H2,1-3H3,(H,39,40)/t23?,24?,25?,26?,27?,28?,29-,32?,34?,35-,36?/m0/s1. The summed E-state index contributed by atoms with van der Waals surface area (Å²) in [4.78, 5) is 26.0. The van der Waals surface area contributed by atoms with Crippen molar-refractivity contribution in [1.82, 2.24) is 4.90 Å². The molecule has 7 heteroatoms. The lowest BCUT2D eigenvalue weighted by molar-refractivity contribution is -0.244. The zero-order valence-corrected chi connectivity index (χ0v) is 26.9. The number of fused-ring (bicyclic) bond motifs is 4. The van der Waals surface area contributed by atoms with E-state index in [-0.39, 0.29) is 36.2 Å². The minimum absolute atomic E-state index is 0.0985. The Morgan fingerprint density at radius 3 is 2.53 bits per heavy atom. The average Bonchev–Trinajstić information content (AvgIpc) is 3.89. The molecular formula is C36H55NO6. The van der Waals surface area contributed by atoms with Gasteiger partial charge in [0, 0.05) is 19.4 Å². The summed E-state index contributed by atoms with van der Waals surface area (Å²) >= 11 is 0. The van der Waals surface area contributed by atoms with Crippen LogP contribution < -0.4 is 0 Å². The number of aliphatic carboxylic acids is 1. The number of morpholine rings is 1. The van der Waals surface area contributed by atoms with Crippen LogP contribution in [0, 0.1) is 51.2 Å². The highest BCUT2D eigenvalue weighted by Crippen LogP contribution is 2.87. The first kappa shape index (κ1) is 29.2. The van der Waals surface area contributed by atoms with E-state index >= 15 is 0 Å². The van der Waals surface area contributed by atoms with E-state index < -0.39 is 5.97 Å². The lowest BCUT2D eigenvalue weighted by atomic mass is 9.46. The first-order chi connectivity index (χ1) is 20.6. The topological polar surface area (TPSA) is 85.3 Å². The molecule has 240 valence electrons. The van der Waals surface area contributed by atoms with Crippen LogP contribution in [-0.4, -0.2) is 66.2 Å². The maximum atomic E-state index is 12.8. The van der Waals surface area contributed by atoms with Crippen molar-refractivity contribution in [1.29, 1.82) is 0 Å². The van der Waals surface area contributed by atoms with Gasteiger partial charge in [-0.05, 0) is 135 Å². The van der Waals surface area contributed by atoms with Gasteiger partial charge in [-0.3, -0.25) is 9.59 Å². The molecule has 43 heavy (non-hydrogen) atoms. The van der Waals surface area contributed by atoms with Crippen LogP contribution in [-0.2, 0) is 23.8 Å². The summed E-state index contributed by atoms with van der Waals surface area (Å²) in [5.41, 5.74) is 1.46. The van der Waals surface area contributed by atoms with Crippen molar-refractivity contribution in [3.63, 3.8) is 0 Å². The van der Waals surface area contributed by atoms with Gasteiger partial charge in [0.15, 0.2) is 6.29 Å². The van der Waals surface area contributed by atoms with Crippen molar-refractivity contribution in [2.75, 3.05) is 19.7 Å². The van der Waals surface area contributed by atoms with E-state index in [1.807, 2.05) is 4.90 Å². The second-order valence-electron chi connectivity index (χ2n) is 17.3. The summed E-state index contributed by atoms with van der Waals surface area (Å²) in [5, 5.41) is 9.21. The second-order valence-corrected chi connectivity index (χ2v) is 17.3. The van der Waals surface area contributed by atoms with Gasteiger partial charge in [0.05, 0.1) is 31.5 Å². The molecule has 0 aromatic heterocycles. The third-order valence-corrected chi connectivity index (χ3v) is 15.2. The summed E-state index contributed by atoms with van der Waals surface area (Å²) in [6, 6.07) is 0. The molecule has 2 heterocycles. The van der Waals surface area contributed by atoms with Gasteiger partial charge in [0.1, 0.15) is 0 Å². The number of carbonyl (C=O) groups is 2. The van der Waals surface area contributed by atoms with Gasteiger partial charge >= 0.3 is 5.97 Å². The molecule has 7 nitrogen and oxygen atoms in total. The third kappa shape index (κ3) is 4.51. The monoisotopic (exact) mass is 597 g/mol. The first-order valence-corrected chi connectivity index (χ1v) is 18.0. The number of carboxylic acid groups (broad SMARTS) is 1. The van der Waals surface area contributed by atoms with Gasteiger partial charge in [0.25, 0.3) is 0 Å². The number of hydrogen-bond donors (Lipinski definition) is 1. The summed E-state index contributed by atoms with van der Waals surface area (Å²) in [6.07, 6.45) is 17.0. The van der Waals surface area contributed by atoms with Gasteiger partial charge in [-0.1, -0.05) is 20.8 Å². The molecular weight excluding hydrogens is 542 g/mol. The predicted molar refractivity (Wildman–Crippen MR) is 161 cm³/mol. The number of ether oxygens (including phenoxy) is 3. The molecule has 2 saturated heterocycles. The van der Waals surface area contributed by atoms with E-state index in [0.29, 0.717) is 72.6 Å². The molecule has 2 spiro atoms. The third-order valence-electron chi connectivity index (χ3n) is 15.2. The Morgan fingerprint density at radius 2 is 1.74 bits per heavy atom. The molecule has 8 rings (SSSR count). The summed E-state index contributed by atoms with van der Waals surface area (Å²) in [5.74, 6) is 3.11. The highest BCUT2D eigenvalue weighted by molar-refractivity contribution is 5.76. The maximum absolute atomic E-state index is 12.8. The van der Waals surface area contributed by atoms with Crippen LogP contribution in [0.3, 0.4) is 0 Å². The summed E-state index contributed by atoms with van der Waals surface area (Å²) in [6.45, 7) is 9.44. The molecule has 0 radical (unpaired) electrons. The van der Waals surface area contributed by atoms with Crippen LogP contribution in [0.1, 0.15) is 117 Å². The largest absolute Gasteiger partial charge is 0.481 e. The molecule has 9 unspecified atom stereocenters. The fourth-order valence-corrected chi connectivity index (χ4v) is 12.8. The lowest BCUT2D eigenvalue weighted by Crippen LogP contribution is -2.56. The Balaban J connectivity index is 0.943. The van der Waals surface area contributed by atoms with Gasteiger partial charge in [-0.2, -0.15) is 0 Å². The van der Waals surface area contributed by atoms with Crippen LogP contribution in [0.25, 0.3) is 0 Å². The Morgan fingerprint density at radius 1 is 0.930 bits per heavy atom. The predicted octanol–water partition coefficient (Wildman–Crippen LogP) is 6.43. The van der Waals surface area contributed by atoms with Crippen LogP contribution in [0.5, 0.6) is 0 Å². The molecule has 1 N–H and O–H groups in total. The van der Waals surface area contributed by atoms with E-state index in [4.69, 9.17) is 14.2 Å².